The number of aromatic amines is 1. The zero-order valence-corrected chi connectivity index (χ0v) is 18.7. The molecule has 0 bridgehead atoms. The number of H-pyrrole nitrogens is 1. The Balaban J connectivity index is 1.63. The van der Waals surface area contributed by atoms with Crippen molar-refractivity contribution >= 4 is 11.6 Å². The van der Waals surface area contributed by atoms with Crippen molar-refractivity contribution < 1.29 is 18.5 Å². The number of nitrogens with zero attached hydrogens (tertiary/aromatic N) is 3. The van der Waals surface area contributed by atoms with E-state index >= 15 is 0 Å². The summed E-state index contributed by atoms with van der Waals surface area (Å²) in [5.41, 5.74) is 1.14. The van der Waals surface area contributed by atoms with Crippen LogP contribution in [0.4, 0.5) is 14.5 Å². The van der Waals surface area contributed by atoms with Crippen LogP contribution in [-0.4, -0.2) is 71.9 Å². The fourth-order valence-corrected chi connectivity index (χ4v) is 4.00. The Bertz CT molecular complexity index is 1210. The molecule has 0 atom stereocenters. The minimum Gasteiger partial charge on any atom is -0.354 e. The molecule has 2 aromatic carbocycles. The topological polar surface area (TPSA) is 94.5 Å². The van der Waals surface area contributed by atoms with E-state index in [4.69, 9.17) is 0 Å². The van der Waals surface area contributed by atoms with E-state index in [1.807, 2.05) is 0 Å². The average Bonchev–Trinajstić information content (AvgIpc) is 3.27. The number of carbonyl (C=O) groups excluding carboxylic acids is 1. The quantitative estimate of drug-likeness (QED) is 0.408. The number of piperazine rings is 1. The van der Waals surface area contributed by atoms with Gasteiger partial charge in [0, 0.05) is 56.6 Å². The Morgan fingerprint density at radius 3 is 2.53 bits per heavy atom. The van der Waals surface area contributed by atoms with Crippen LogP contribution in [-0.2, 0) is 0 Å². The first kappa shape index (κ1) is 23.5. The molecule has 0 aliphatic carbocycles. The summed E-state index contributed by atoms with van der Waals surface area (Å²) >= 11 is 0. The molecule has 0 spiro atoms. The monoisotopic (exact) mass is 469 g/mol. The van der Waals surface area contributed by atoms with Crippen LogP contribution >= 0.6 is 0 Å². The Labute approximate surface area is 195 Å². The van der Waals surface area contributed by atoms with Crippen LogP contribution in [0, 0.1) is 21.7 Å². The van der Waals surface area contributed by atoms with Crippen LogP contribution in [0.1, 0.15) is 10.4 Å². The van der Waals surface area contributed by atoms with Gasteiger partial charge < -0.3 is 15.2 Å². The van der Waals surface area contributed by atoms with E-state index in [0.717, 1.165) is 38.3 Å². The molecule has 1 saturated heterocycles. The highest BCUT2D eigenvalue weighted by Crippen LogP contribution is 2.34. The third-order valence-corrected chi connectivity index (χ3v) is 5.97. The first-order valence-electron chi connectivity index (χ1n) is 10.9. The number of halogens is 2. The third-order valence-electron chi connectivity index (χ3n) is 5.97. The number of likely N-dealkylation sites (N-methyl/N-ethyl adjacent to an activating group) is 1. The molecular weight excluding hydrogens is 444 g/mol. The Morgan fingerprint density at radius 2 is 1.82 bits per heavy atom. The first-order chi connectivity index (χ1) is 16.3. The summed E-state index contributed by atoms with van der Waals surface area (Å²) in [6.45, 7) is 4.85. The molecule has 0 unspecified atom stereocenters. The number of nitrogens with one attached hydrogen (secondary N) is 2. The van der Waals surface area contributed by atoms with Crippen LogP contribution in [0.15, 0.2) is 48.5 Å². The Kier molecular flexibility index (Phi) is 6.99. The maximum Gasteiger partial charge on any atom is 0.278 e. The number of amides is 1. The second kappa shape index (κ2) is 10.1. The molecule has 1 aliphatic heterocycles. The van der Waals surface area contributed by atoms with E-state index in [2.05, 4.69) is 27.1 Å². The van der Waals surface area contributed by atoms with E-state index < -0.39 is 22.5 Å². The number of benzene rings is 2. The predicted molar refractivity (Wildman–Crippen MR) is 125 cm³/mol. The lowest BCUT2D eigenvalue weighted by molar-refractivity contribution is -0.384. The van der Waals surface area contributed by atoms with Crippen molar-refractivity contribution in [1.29, 1.82) is 0 Å². The van der Waals surface area contributed by atoms with Crippen molar-refractivity contribution in [1.82, 2.24) is 20.1 Å². The largest absolute Gasteiger partial charge is 0.354 e. The van der Waals surface area contributed by atoms with Crippen molar-refractivity contribution in [2.75, 3.05) is 46.3 Å². The average molecular weight is 469 g/mol. The summed E-state index contributed by atoms with van der Waals surface area (Å²) in [7, 11) is 2.07. The van der Waals surface area contributed by atoms with Crippen molar-refractivity contribution in [3.05, 3.63) is 75.8 Å². The van der Waals surface area contributed by atoms with E-state index in [0.29, 0.717) is 24.3 Å². The number of hydrogen-bond donors (Lipinski definition) is 2. The molecule has 34 heavy (non-hydrogen) atoms. The molecule has 1 aliphatic rings. The van der Waals surface area contributed by atoms with Gasteiger partial charge in [-0.3, -0.25) is 19.8 Å². The van der Waals surface area contributed by atoms with Gasteiger partial charge in [0.15, 0.2) is 11.6 Å². The molecule has 4 rings (SSSR count). The highest BCUT2D eigenvalue weighted by molar-refractivity contribution is 6.02. The first-order valence-corrected chi connectivity index (χ1v) is 10.9. The van der Waals surface area contributed by atoms with Gasteiger partial charge in [0.05, 0.1) is 21.7 Å². The lowest BCUT2D eigenvalue weighted by Crippen LogP contribution is -2.46. The Hall–Kier alpha value is -3.63. The third kappa shape index (κ3) is 5.13. The van der Waals surface area contributed by atoms with Gasteiger partial charge in [0.25, 0.3) is 11.6 Å². The summed E-state index contributed by atoms with van der Waals surface area (Å²) in [6.07, 6.45) is 0. The maximum atomic E-state index is 13.8. The Morgan fingerprint density at radius 1 is 1.09 bits per heavy atom. The highest BCUT2D eigenvalue weighted by atomic mass is 19.2. The molecule has 0 radical (unpaired) electrons. The van der Waals surface area contributed by atoms with Crippen LogP contribution in [0.25, 0.3) is 22.5 Å². The summed E-state index contributed by atoms with van der Waals surface area (Å²) in [5, 5.41) is 14.5. The molecule has 10 heteroatoms. The van der Waals surface area contributed by atoms with E-state index in [-0.39, 0.29) is 22.5 Å². The van der Waals surface area contributed by atoms with Crippen molar-refractivity contribution in [2.45, 2.75) is 0 Å². The summed E-state index contributed by atoms with van der Waals surface area (Å²) < 4.78 is 27.2. The van der Waals surface area contributed by atoms with E-state index in [1.54, 1.807) is 12.1 Å². The number of nitro groups is 1. The molecule has 0 saturated carbocycles. The maximum absolute atomic E-state index is 13.8. The molecular formula is C24H25F2N5O3. The second-order valence-electron chi connectivity index (χ2n) is 8.28. The minimum absolute atomic E-state index is 0.173. The van der Waals surface area contributed by atoms with Crippen LogP contribution in [0.5, 0.6) is 0 Å². The number of aromatic nitrogens is 1. The van der Waals surface area contributed by atoms with Gasteiger partial charge >= 0.3 is 0 Å². The number of hydrogen-bond acceptors (Lipinski definition) is 5. The molecule has 1 aromatic heterocycles. The van der Waals surface area contributed by atoms with Gasteiger partial charge in [-0.05, 0) is 37.4 Å². The molecule has 3 aromatic rings. The highest BCUT2D eigenvalue weighted by Gasteiger charge is 2.24. The van der Waals surface area contributed by atoms with Crippen LogP contribution in [0.2, 0.25) is 0 Å². The second-order valence-corrected chi connectivity index (χ2v) is 8.28. The van der Waals surface area contributed by atoms with Gasteiger partial charge in [-0.25, -0.2) is 8.78 Å². The van der Waals surface area contributed by atoms with Crippen molar-refractivity contribution in [2.24, 2.45) is 0 Å². The van der Waals surface area contributed by atoms with Gasteiger partial charge in [-0.15, -0.1) is 0 Å². The van der Waals surface area contributed by atoms with Gasteiger partial charge in [-0.2, -0.15) is 0 Å². The fraction of sp³-hybridized carbons (Fsp3) is 0.292. The minimum atomic E-state index is -1.03. The van der Waals surface area contributed by atoms with Crippen LogP contribution in [0.3, 0.4) is 0 Å². The smallest absolute Gasteiger partial charge is 0.278 e. The number of nitro benzene ring substituents is 1. The fourth-order valence-electron chi connectivity index (χ4n) is 4.00. The summed E-state index contributed by atoms with van der Waals surface area (Å²) in [5.74, 6) is -2.43. The van der Waals surface area contributed by atoms with Crippen molar-refractivity contribution in [3.8, 4) is 22.5 Å². The lowest BCUT2D eigenvalue weighted by Gasteiger charge is -2.32. The van der Waals surface area contributed by atoms with Crippen molar-refractivity contribution in [3.63, 3.8) is 0 Å². The summed E-state index contributed by atoms with van der Waals surface area (Å²) in [4.78, 5) is 31.7. The number of para-hydroxylation sites is 1. The zero-order chi connectivity index (χ0) is 24.2. The van der Waals surface area contributed by atoms with Gasteiger partial charge in [0.1, 0.15) is 0 Å². The molecule has 2 heterocycles. The zero-order valence-electron chi connectivity index (χ0n) is 18.7. The van der Waals surface area contributed by atoms with Gasteiger partial charge in [0.2, 0.25) is 0 Å². The molecule has 8 nitrogen and oxygen atoms in total. The number of rotatable bonds is 7. The molecule has 178 valence electrons. The van der Waals surface area contributed by atoms with Gasteiger partial charge in [-0.1, -0.05) is 12.1 Å². The molecule has 1 fully saturated rings. The molecule has 2 N–H and O–H groups in total. The number of carbonyl (C=O) groups is 1. The standard InChI is InChI=1S/C24H25F2N5O3/c1-29-10-12-30(13-11-29)9-8-27-24(32)18-15-21(16-6-7-19(25)20(26)14-16)28-23(18)17-4-2-3-5-22(17)31(33)34/h2-7,14-15,28H,8-13H2,1H3,(H,27,32). The van der Waals surface area contributed by atoms with E-state index in [1.165, 1.54) is 24.3 Å². The lowest BCUT2D eigenvalue weighted by atomic mass is 10.1. The predicted octanol–water partition coefficient (Wildman–Crippen LogP) is 3.51. The normalized spacial score (nSPS) is 14.8. The summed E-state index contributed by atoms with van der Waals surface area (Å²) in [6, 6.07) is 11.0. The van der Waals surface area contributed by atoms with Crippen LogP contribution < -0.4 is 5.32 Å². The SMILES string of the molecule is CN1CCN(CCNC(=O)c2cc(-c3ccc(F)c(F)c3)[nH]c2-c2ccccc2[N+](=O)[O-])CC1. The van der Waals surface area contributed by atoms with E-state index in [9.17, 15) is 23.7 Å². The molecule has 1 amide bonds.